The lowest BCUT2D eigenvalue weighted by atomic mass is 10.2. The Balaban J connectivity index is 3.63. The van der Waals surface area contributed by atoms with Gasteiger partial charge in [0.25, 0.3) is 0 Å². The average molecular weight is 143 g/mol. The first-order chi connectivity index (χ1) is 4.70. The van der Waals surface area contributed by atoms with E-state index in [0.29, 0.717) is 13.0 Å². The second kappa shape index (κ2) is 4.58. The number of hydrogen-bond donors (Lipinski definition) is 3. The minimum Gasteiger partial charge on any atom is -0.465 e. The van der Waals surface area contributed by atoms with Crippen molar-refractivity contribution in [3.63, 3.8) is 0 Å². The number of nitrogens with zero attached hydrogens (tertiary/aromatic N) is 1. The summed E-state index contributed by atoms with van der Waals surface area (Å²) in [4.78, 5) is 9.94. The lowest BCUT2D eigenvalue weighted by Crippen LogP contribution is -2.33. The Kier molecular flexibility index (Phi) is 4.00. The van der Waals surface area contributed by atoms with E-state index in [0.717, 1.165) is 0 Å². The second-order valence-electron chi connectivity index (χ2n) is 1.71. The van der Waals surface area contributed by atoms with Crippen LogP contribution in [0.5, 0.6) is 0 Å². The Morgan fingerprint density at radius 2 is 2.50 bits per heavy atom. The third kappa shape index (κ3) is 3.69. The third-order valence-electron chi connectivity index (χ3n) is 0.909. The summed E-state index contributed by atoms with van der Waals surface area (Å²) < 4.78 is 0. The molecule has 4 N–H and O–H groups in total. The van der Waals surface area contributed by atoms with Gasteiger partial charge >= 0.3 is 6.09 Å². The van der Waals surface area contributed by atoms with Crippen LogP contribution < -0.4 is 11.1 Å². The highest BCUT2D eigenvalue weighted by molar-refractivity contribution is 5.65. The Morgan fingerprint density at radius 3 is 2.80 bits per heavy atom. The number of hydrogen-bond acceptors (Lipinski definition) is 3. The Labute approximate surface area is 58.4 Å². The average Bonchev–Trinajstić information content (AvgIpc) is 1.86. The molecule has 1 atom stereocenters. The molecule has 0 aliphatic heterocycles. The van der Waals surface area contributed by atoms with Gasteiger partial charge in [-0.2, -0.15) is 5.26 Å². The highest BCUT2D eigenvalue weighted by Crippen LogP contribution is 1.85. The lowest BCUT2D eigenvalue weighted by Gasteiger charge is -2.04. The highest BCUT2D eigenvalue weighted by Gasteiger charge is 2.07. The molecule has 0 spiro atoms. The smallest absolute Gasteiger partial charge is 0.405 e. The van der Waals surface area contributed by atoms with Crippen molar-refractivity contribution in [3.05, 3.63) is 0 Å². The molecule has 10 heavy (non-hydrogen) atoms. The molecule has 0 heterocycles. The summed E-state index contributed by atoms with van der Waals surface area (Å²) in [5.74, 6) is 0. The molecule has 0 aromatic rings. The molecule has 0 saturated carbocycles. The van der Waals surface area contributed by atoms with E-state index >= 15 is 0 Å². The van der Waals surface area contributed by atoms with E-state index in [2.05, 4.69) is 0 Å². The molecule has 0 radical (unpaired) electrons. The predicted octanol–water partition coefficient (Wildman–Crippen LogP) is -0.505. The molecule has 5 nitrogen and oxygen atoms in total. The van der Waals surface area contributed by atoms with E-state index < -0.39 is 12.1 Å². The first-order valence-corrected chi connectivity index (χ1v) is 2.80. The van der Waals surface area contributed by atoms with Crippen molar-refractivity contribution in [2.75, 3.05) is 6.54 Å². The number of rotatable bonds is 3. The van der Waals surface area contributed by atoms with Gasteiger partial charge in [0.1, 0.15) is 6.04 Å². The summed E-state index contributed by atoms with van der Waals surface area (Å²) in [7, 11) is 0. The Bertz CT molecular complexity index is 151. The number of amides is 1. The first-order valence-electron chi connectivity index (χ1n) is 2.80. The van der Waals surface area contributed by atoms with Crippen LogP contribution in [-0.4, -0.2) is 23.8 Å². The molecular formula is C5H9N3O2. The molecule has 5 heteroatoms. The van der Waals surface area contributed by atoms with Gasteiger partial charge in [-0.1, -0.05) is 0 Å². The molecule has 0 aromatic carbocycles. The van der Waals surface area contributed by atoms with Gasteiger partial charge in [-0.05, 0) is 13.0 Å². The topological polar surface area (TPSA) is 99.1 Å². The summed E-state index contributed by atoms with van der Waals surface area (Å²) in [6, 6.07) is 1.08. The Hall–Kier alpha value is -1.28. The maximum absolute atomic E-state index is 9.94. The van der Waals surface area contributed by atoms with Gasteiger partial charge in [0.15, 0.2) is 0 Å². The van der Waals surface area contributed by atoms with Crippen molar-refractivity contribution in [1.29, 1.82) is 5.26 Å². The van der Waals surface area contributed by atoms with Crippen LogP contribution in [-0.2, 0) is 0 Å². The summed E-state index contributed by atoms with van der Waals surface area (Å²) in [6.07, 6.45) is -0.844. The largest absolute Gasteiger partial charge is 0.465 e. The van der Waals surface area contributed by atoms with Gasteiger partial charge in [-0.25, -0.2) is 4.79 Å². The van der Waals surface area contributed by atoms with E-state index in [1.807, 2.05) is 5.32 Å². The molecular weight excluding hydrogens is 134 g/mol. The number of nitrogens with two attached hydrogens (primary N) is 1. The van der Waals surface area contributed by atoms with Crippen LogP contribution in [0, 0.1) is 11.3 Å². The quantitative estimate of drug-likeness (QED) is 0.495. The standard InChI is InChI=1S/C5H9N3O2/c6-2-1-4(3-7)8-5(9)10/h4,8H,1-2,6H2,(H,9,10). The number of nitriles is 1. The molecule has 0 rings (SSSR count). The van der Waals surface area contributed by atoms with Gasteiger partial charge in [-0.15, -0.1) is 0 Å². The maximum atomic E-state index is 9.94. The zero-order chi connectivity index (χ0) is 7.98. The van der Waals surface area contributed by atoms with E-state index in [9.17, 15) is 4.79 Å². The molecule has 0 aliphatic rings. The zero-order valence-corrected chi connectivity index (χ0v) is 5.37. The molecule has 1 amide bonds. The van der Waals surface area contributed by atoms with Crippen LogP contribution in [0.25, 0.3) is 0 Å². The lowest BCUT2D eigenvalue weighted by molar-refractivity contribution is 0.192. The van der Waals surface area contributed by atoms with Crippen molar-refractivity contribution in [2.45, 2.75) is 12.5 Å². The van der Waals surface area contributed by atoms with Crippen molar-refractivity contribution in [1.82, 2.24) is 5.32 Å². The number of carboxylic acid groups (broad SMARTS) is 1. The van der Waals surface area contributed by atoms with Crippen molar-refractivity contribution in [2.24, 2.45) is 5.73 Å². The van der Waals surface area contributed by atoms with Gasteiger partial charge in [-0.3, -0.25) is 0 Å². The molecule has 1 unspecified atom stereocenters. The summed E-state index contributed by atoms with van der Waals surface area (Å²) in [6.45, 7) is 0.304. The second-order valence-corrected chi connectivity index (χ2v) is 1.71. The normalized spacial score (nSPS) is 11.6. The van der Waals surface area contributed by atoms with Gasteiger partial charge < -0.3 is 16.2 Å². The SMILES string of the molecule is N#CC(CCN)NC(=O)O. The third-order valence-corrected chi connectivity index (χ3v) is 0.909. The fraction of sp³-hybridized carbons (Fsp3) is 0.600. The fourth-order valence-electron chi connectivity index (χ4n) is 0.485. The van der Waals surface area contributed by atoms with Crippen LogP contribution in [0.4, 0.5) is 4.79 Å². The van der Waals surface area contributed by atoms with Gasteiger partial charge in [0.05, 0.1) is 6.07 Å². The number of nitrogens with one attached hydrogen (secondary N) is 1. The van der Waals surface area contributed by atoms with Crippen molar-refractivity contribution >= 4 is 6.09 Å². The first kappa shape index (κ1) is 8.72. The van der Waals surface area contributed by atoms with Crippen LogP contribution in [0.1, 0.15) is 6.42 Å². The van der Waals surface area contributed by atoms with Gasteiger partial charge in [0.2, 0.25) is 0 Å². The monoisotopic (exact) mass is 143 g/mol. The summed E-state index contributed by atoms with van der Waals surface area (Å²) in [5, 5.41) is 18.4. The molecule has 0 saturated heterocycles. The summed E-state index contributed by atoms with van der Waals surface area (Å²) in [5.41, 5.74) is 5.10. The zero-order valence-electron chi connectivity index (χ0n) is 5.37. The van der Waals surface area contributed by atoms with E-state index in [-0.39, 0.29) is 0 Å². The molecule has 0 aliphatic carbocycles. The van der Waals surface area contributed by atoms with Crippen LogP contribution in [0.15, 0.2) is 0 Å². The molecule has 0 bridgehead atoms. The minimum absolute atomic E-state index is 0.304. The van der Waals surface area contributed by atoms with Crippen LogP contribution in [0.2, 0.25) is 0 Å². The Morgan fingerprint density at radius 1 is 1.90 bits per heavy atom. The van der Waals surface area contributed by atoms with Crippen LogP contribution >= 0.6 is 0 Å². The minimum atomic E-state index is -1.19. The van der Waals surface area contributed by atoms with E-state index in [4.69, 9.17) is 16.1 Å². The fourth-order valence-corrected chi connectivity index (χ4v) is 0.485. The van der Waals surface area contributed by atoms with E-state index in [1.54, 1.807) is 6.07 Å². The van der Waals surface area contributed by atoms with Gasteiger partial charge in [0, 0.05) is 0 Å². The molecule has 56 valence electrons. The highest BCUT2D eigenvalue weighted by atomic mass is 16.4. The van der Waals surface area contributed by atoms with E-state index in [1.165, 1.54) is 0 Å². The van der Waals surface area contributed by atoms with Crippen molar-refractivity contribution < 1.29 is 9.90 Å². The predicted molar refractivity (Wildman–Crippen MR) is 34.2 cm³/mol. The number of carbonyl (C=O) groups is 1. The molecule has 0 fully saturated rings. The van der Waals surface area contributed by atoms with Crippen molar-refractivity contribution in [3.8, 4) is 6.07 Å². The molecule has 0 aromatic heterocycles. The summed E-state index contributed by atoms with van der Waals surface area (Å²) >= 11 is 0. The maximum Gasteiger partial charge on any atom is 0.405 e. The van der Waals surface area contributed by atoms with Crippen LogP contribution in [0.3, 0.4) is 0 Å².